The van der Waals surface area contributed by atoms with Crippen LogP contribution in [0, 0.1) is 5.92 Å². The van der Waals surface area contributed by atoms with Gasteiger partial charge in [-0.15, -0.1) is 0 Å². The monoisotopic (exact) mass is 290 g/mol. The molecule has 0 radical (unpaired) electrons. The van der Waals surface area contributed by atoms with Crippen molar-refractivity contribution in [2.24, 2.45) is 5.92 Å². The van der Waals surface area contributed by atoms with Crippen LogP contribution in [0.3, 0.4) is 0 Å². The third-order valence-corrected chi connectivity index (χ3v) is 4.37. The first-order chi connectivity index (χ1) is 10.2. The van der Waals surface area contributed by atoms with Gasteiger partial charge in [-0.2, -0.15) is 0 Å². The van der Waals surface area contributed by atoms with Crippen molar-refractivity contribution in [1.82, 2.24) is 14.9 Å². The van der Waals surface area contributed by atoms with E-state index < -0.39 is 0 Å². The molecule has 2 fully saturated rings. The van der Waals surface area contributed by atoms with Gasteiger partial charge in [-0.3, -0.25) is 4.79 Å². The number of nitrogens with zero attached hydrogens (tertiary/aromatic N) is 3. The highest BCUT2D eigenvalue weighted by atomic mass is 16.1. The van der Waals surface area contributed by atoms with Gasteiger partial charge >= 0.3 is 0 Å². The van der Waals surface area contributed by atoms with Crippen LogP contribution in [0.25, 0.3) is 0 Å². The lowest BCUT2D eigenvalue weighted by molar-refractivity contribution is 0.510. The van der Waals surface area contributed by atoms with Crippen LogP contribution in [0.4, 0.5) is 5.82 Å². The van der Waals surface area contributed by atoms with E-state index in [2.05, 4.69) is 29.0 Å². The molecule has 0 bridgehead atoms. The van der Waals surface area contributed by atoms with Gasteiger partial charge in [0.15, 0.2) is 5.82 Å². The van der Waals surface area contributed by atoms with Crippen LogP contribution in [0.15, 0.2) is 17.2 Å². The van der Waals surface area contributed by atoms with Crippen molar-refractivity contribution in [2.45, 2.75) is 51.6 Å². The SMILES string of the molecule is CC(C)CNCC1CCCN1c1nccn(C2CC2)c1=O. The average molecular weight is 290 g/mol. The van der Waals surface area contributed by atoms with Gasteiger partial charge in [-0.25, -0.2) is 4.98 Å². The predicted molar refractivity (Wildman–Crippen MR) is 84.8 cm³/mol. The van der Waals surface area contributed by atoms with Crippen molar-refractivity contribution in [3.8, 4) is 0 Å². The van der Waals surface area contributed by atoms with Gasteiger partial charge in [0.25, 0.3) is 5.56 Å². The minimum atomic E-state index is 0.0933. The molecule has 21 heavy (non-hydrogen) atoms. The highest BCUT2D eigenvalue weighted by molar-refractivity contribution is 5.39. The molecule has 1 unspecified atom stereocenters. The van der Waals surface area contributed by atoms with Crippen LogP contribution in [0.5, 0.6) is 0 Å². The summed E-state index contributed by atoms with van der Waals surface area (Å²) in [5, 5.41) is 3.52. The molecule has 5 heteroatoms. The summed E-state index contributed by atoms with van der Waals surface area (Å²) in [5.74, 6) is 1.31. The first-order valence-electron chi connectivity index (χ1n) is 8.21. The molecule has 0 aromatic carbocycles. The molecule has 1 aromatic rings. The first-order valence-corrected chi connectivity index (χ1v) is 8.21. The van der Waals surface area contributed by atoms with Crippen LogP contribution >= 0.6 is 0 Å². The van der Waals surface area contributed by atoms with Gasteiger partial charge in [-0.1, -0.05) is 13.8 Å². The van der Waals surface area contributed by atoms with Crippen LogP contribution in [-0.2, 0) is 0 Å². The largest absolute Gasteiger partial charge is 0.348 e. The van der Waals surface area contributed by atoms with Crippen LogP contribution < -0.4 is 15.8 Å². The third kappa shape index (κ3) is 3.28. The van der Waals surface area contributed by atoms with Crippen LogP contribution in [-0.4, -0.2) is 35.2 Å². The van der Waals surface area contributed by atoms with Crippen molar-refractivity contribution < 1.29 is 0 Å². The molecule has 3 rings (SSSR count). The van der Waals surface area contributed by atoms with Gasteiger partial charge in [0, 0.05) is 37.6 Å². The van der Waals surface area contributed by atoms with Gasteiger partial charge in [-0.05, 0) is 38.1 Å². The number of nitrogens with one attached hydrogen (secondary N) is 1. The minimum absolute atomic E-state index is 0.0933. The maximum atomic E-state index is 12.6. The second kappa shape index (κ2) is 6.18. The van der Waals surface area contributed by atoms with Gasteiger partial charge < -0.3 is 14.8 Å². The van der Waals surface area contributed by atoms with Crippen molar-refractivity contribution in [1.29, 1.82) is 0 Å². The minimum Gasteiger partial charge on any atom is -0.348 e. The molecule has 1 atom stereocenters. The molecule has 1 aliphatic carbocycles. The Labute approximate surface area is 126 Å². The van der Waals surface area contributed by atoms with E-state index in [1.807, 2.05) is 10.8 Å². The van der Waals surface area contributed by atoms with Gasteiger partial charge in [0.1, 0.15) is 0 Å². The quantitative estimate of drug-likeness (QED) is 0.868. The summed E-state index contributed by atoms with van der Waals surface area (Å²) in [6.45, 7) is 7.35. The van der Waals surface area contributed by atoms with Crippen molar-refractivity contribution >= 4 is 5.82 Å². The van der Waals surface area contributed by atoms with E-state index in [1.54, 1.807) is 6.20 Å². The molecular formula is C16H26N4O. The highest BCUT2D eigenvalue weighted by Crippen LogP contribution is 2.33. The zero-order valence-corrected chi connectivity index (χ0v) is 13.1. The molecule has 1 saturated heterocycles. The van der Waals surface area contributed by atoms with Crippen LogP contribution in [0.1, 0.15) is 45.6 Å². The normalized spacial score (nSPS) is 22.2. The van der Waals surface area contributed by atoms with Crippen molar-refractivity contribution in [3.05, 3.63) is 22.7 Å². The maximum Gasteiger partial charge on any atom is 0.293 e. The average Bonchev–Trinajstić information content (AvgIpc) is 3.19. The Hall–Kier alpha value is -1.36. The fourth-order valence-electron chi connectivity index (χ4n) is 3.12. The number of hydrogen-bond donors (Lipinski definition) is 1. The van der Waals surface area contributed by atoms with Crippen LogP contribution in [0.2, 0.25) is 0 Å². The summed E-state index contributed by atoms with van der Waals surface area (Å²) >= 11 is 0. The number of hydrogen-bond acceptors (Lipinski definition) is 4. The second-order valence-corrected chi connectivity index (χ2v) is 6.74. The Morgan fingerprint density at radius 2 is 2.19 bits per heavy atom. The lowest BCUT2D eigenvalue weighted by atomic mass is 10.2. The Bertz CT molecular complexity index is 535. The topological polar surface area (TPSA) is 50.2 Å². The lowest BCUT2D eigenvalue weighted by Crippen LogP contribution is -2.42. The molecule has 116 valence electrons. The number of rotatable bonds is 6. The molecule has 1 aromatic heterocycles. The van der Waals surface area contributed by atoms with E-state index >= 15 is 0 Å². The molecule has 0 amide bonds. The van der Waals surface area contributed by atoms with E-state index in [1.165, 1.54) is 0 Å². The summed E-state index contributed by atoms with van der Waals surface area (Å²) in [4.78, 5) is 19.2. The summed E-state index contributed by atoms with van der Waals surface area (Å²) < 4.78 is 1.87. The van der Waals surface area contributed by atoms with E-state index in [0.717, 1.165) is 45.3 Å². The molecule has 5 nitrogen and oxygen atoms in total. The Morgan fingerprint density at radius 3 is 2.90 bits per heavy atom. The Kier molecular flexibility index (Phi) is 4.29. The first kappa shape index (κ1) is 14.6. The molecule has 2 heterocycles. The smallest absolute Gasteiger partial charge is 0.293 e. The maximum absolute atomic E-state index is 12.6. The fraction of sp³-hybridized carbons (Fsp3) is 0.750. The zero-order valence-electron chi connectivity index (χ0n) is 13.1. The molecule has 2 aliphatic rings. The third-order valence-electron chi connectivity index (χ3n) is 4.37. The predicted octanol–water partition coefficient (Wildman–Crippen LogP) is 1.79. The summed E-state index contributed by atoms with van der Waals surface area (Å²) in [5.41, 5.74) is 0.0933. The molecule has 0 spiro atoms. The highest BCUT2D eigenvalue weighted by Gasteiger charge is 2.30. The molecular weight excluding hydrogens is 264 g/mol. The second-order valence-electron chi connectivity index (χ2n) is 6.74. The molecule has 1 N–H and O–H groups in total. The molecule has 1 aliphatic heterocycles. The number of anilines is 1. The summed E-state index contributed by atoms with van der Waals surface area (Å²) in [6, 6.07) is 0.818. The van der Waals surface area contributed by atoms with Gasteiger partial charge in [0.05, 0.1) is 0 Å². The summed E-state index contributed by atoms with van der Waals surface area (Å²) in [7, 11) is 0. The molecule has 1 saturated carbocycles. The van der Waals surface area contributed by atoms with E-state index in [9.17, 15) is 4.79 Å². The Morgan fingerprint density at radius 1 is 1.38 bits per heavy atom. The van der Waals surface area contributed by atoms with E-state index in [4.69, 9.17) is 0 Å². The van der Waals surface area contributed by atoms with E-state index in [0.29, 0.717) is 23.8 Å². The number of aromatic nitrogens is 2. The Balaban J connectivity index is 1.72. The van der Waals surface area contributed by atoms with E-state index in [-0.39, 0.29) is 5.56 Å². The summed E-state index contributed by atoms with van der Waals surface area (Å²) in [6.07, 6.45) is 8.17. The lowest BCUT2D eigenvalue weighted by Gasteiger charge is -2.26. The van der Waals surface area contributed by atoms with Crippen molar-refractivity contribution in [2.75, 3.05) is 24.5 Å². The van der Waals surface area contributed by atoms with Crippen molar-refractivity contribution in [3.63, 3.8) is 0 Å². The standard InChI is InChI=1S/C16H26N4O/c1-12(2)10-17-11-14-4-3-8-19(14)15-16(21)20(9-7-18-15)13-5-6-13/h7,9,12-14,17H,3-6,8,10-11H2,1-2H3. The van der Waals surface area contributed by atoms with Gasteiger partial charge in [0.2, 0.25) is 0 Å². The fourth-order valence-corrected chi connectivity index (χ4v) is 3.12. The zero-order chi connectivity index (χ0) is 14.8.